The molecule has 4 unspecified atom stereocenters. The predicted octanol–water partition coefficient (Wildman–Crippen LogP) is 18.2. The first-order chi connectivity index (χ1) is 33.5. The van der Waals surface area contributed by atoms with E-state index in [1.165, 1.54) is 263 Å². The summed E-state index contributed by atoms with van der Waals surface area (Å²) in [5.41, 5.74) is 0. The van der Waals surface area contributed by atoms with Crippen molar-refractivity contribution in [1.82, 2.24) is 5.32 Å². The summed E-state index contributed by atoms with van der Waals surface area (Å²) in [6.07, 6.45) is 70.0. The van der Waals surface area contributed by atoms with Gasteiger partial charge in [0, 0.05) is 0 Å². The fourth-order valence-electron chi connectivity index (χ4n) is 9.84. The van der Waals surface area contributed by atoms with Crippen LogP contribution in [0.1, 0.15) is 335 Å². The van der Waals surface area contributed by atoms with E-state index in [-0.39, 0.29) is 0 Å². The average Bonchev–Trinajstić information content (AvgIpc) is 3.34. The Kier molecular flexibility index (Phi) is 55.7. The lowest BCUT2D eigenvalue weighted by Crippen LogP contribution is -2.53. The number of nitrogens with one attached hydrogen (secondary N) is 1. The Bertz CT molecular complexity index is 1030. The Morgan fingerprint density at radius 2 is 0.618 bits per heavy atom. The maximum Gasteiger partial charge on any atom is 0.249 e. The van der Waals surface area contributed by atoms with Gasteiger partial charge in [0.05, 0.1) is 18.8 Å². The van der Waals surface area contributed by atoms with E-state index in [0.717, 1.165) is 38.5 Å². The van der Waals surface area contributed by atoms with Crippen LogP contribution in [0.25, 0.3) is 0 Å². The Labute approximate surface area is 425 Å². The maximum absolute atomic E-state index is 12.6. The van der Waals surface area contributed by atoms with Crippen molar-refractivity contribution in [3.05, 3.63) is 24.3 Å². The van der Waals surface area contributed by atoms with Crippen molar-refractivity contribution in [2.45, 2.75) is 359 Å². The molecular formula is C62H121NO5. The van der Waals surface area contributed by atoms with Gasteiger partial charge < -0.3 is 25.7 Å². The summed E-state index contributed by atoms with van der Waals surface area (Å²) in [4.78, 5) is 12.6. The third-order valence-corrected chi connectivity index (χ3v) is 14.6. The van der Waals surface area contributed by atoms with Gasteiger partial charge in [-0.05, 0) is 51.4 Å². The highest BCUT2D eigenvalue weighted by molar-refractivity contribution is 5.80. The standard InChI is InChI=1S/C62H121NO5/c1-3-5-7-9-11-13-15-17-19-21-22-23-24-25-26-27-28-29-30-31-32-33-34-35-36-37-38-39-40-42-44-46-48-50-52-54-56-60(66)62(68)63-58(57-64)61(67)59(65)55-53-51-49-47-45-43-41-20-18-16-14-12-10-8-6-4-2/h20,41,47,49,58-61,64-67H,3-19,21-40,42-46,48,50-57H2,1-2H3,(H,63,68)/b41-20+,49-47+. The van der Waals surface area contributed by atoms with Crippen molar-refractivity contribution < 1.29 is 25.2 Å². The summed E-state index contributed by atoms with van der Waals surface area (Å²) in [6.45, 7) is 4.06. The predicted molar refractivity (Wildman–Crippen MR) is 298 cm³/mol. The van der Waals surface area contributed by atoms with Crippen molar-refractivity contribution in [2.24, 2.45) is 0 Å². The summed E-state index contributed by atoms with van der Waals surface area (Å²) in [7, 11) is 0. The minimum atomic E-state index is -1.29. The largest absolute Gasteiger partial charge is 0.394 e. The molecule has 0 fully saturated rings. The molecule has 0 aliphatic heterocycles. The number of carbonyl (C=O) groups excluding carboxylic acids is 1. The van der Waals surface area contributed by atoms with E-state index in [1.54, 1.807) is 0 Å². The lowest BCUT2D eigenvalue weighted by molar-refractivity contribution is -0.132. The van der Waals surface area contributed by atoms with E-state index in [2.05, 4.69) is 43.5 Å². The summed E-state index contributed by atoms with van der Waals surface area (Å²) in [6, 6.07) is -1.01. The van der Waals surface area contributed by atoms with E-state index in [0.29, 0.717) is 19.3 Å². The highest BCUT2D eigenvalue weighted by atomic mass is 16.3. The van der Waals surface area contributed by atoms with Crippen LogP contribution in [0.2, 0.25) is 0 Å². The summed E-state index contributed by atoms with van der Waals surface area (Å²) < 4.78 is 0. The van der Waals surface area contributed by atoms with Crippen LogP contribution in [0.4, 0.5) is 0 Å². The van der Waals surface area contributed by atoms with E-state index >= 15 is 0 Å². The molecule has 68 heavy (non-hydrogen) atoms. The molecule has 0 aromatic heterocycles. The van der Waals surface area contributed by atoms with Crippen LogP contribution < -0.4 is 5.32 Å². The summed E-state index contributed by atoms with van der Waals surface area (Å²) in [5, 5.41) is 43.9. The Morgan fingerprint density at radius 3 is 0.926 bits per heavy atom. The van der Waals surface area contributed by atoms with Gasteiger partial charge in [0.25, 0.3) is 0 Å². The first-order valence-electron chi connectivity index (χ1n) is 30.7. The number of hydrogen-bond acceptors (Lipinski definition) is 5. The molecule has 6 heteroatoms. The SMILES string of the molecule is CCCCCCCCC/C=C/CC/C=C/CCCC(O)C(O)C(CO)NC(=O)C(O)CCCCCCCCCCCCCCCCCCCCCCCCCCCCCCCCCCCCCC. The number of amides is 1. The van der Waals surface area contributed by atoms with Crippen molar-refractivity contribution in [1.29, 1.82) is 0 Å². The second kappa shape index (κ2) is 56.7. The van der Waals surface area contributed by atoms with Gasteiger partial charge in [-0.2, -0.15) is 0 Å². The number of aliphatic hydroxyl groups excluding tert-OH is 4. The van der Waals surface area contributed by atoms with Gasteiger partial charge in [-0.1, -0.05) is 308 Å². The number of rotatable bonds is 57. The molecule has 0 saturated carbocycles. The molecule has 0 spiro atoms. The highest BCUT2D eigenvalue weighted by Crippen LogP contribution is 2.19. The smallest absolute Gasteiger partial charge is 0.249 e. The number of allylic oxidation sites excluding steroid dienone is 4. The molecule has 0 aliphatic rings. The molecule has 4 atom stereocenters. The van der Waals surface area contributed by atoms with Crippen molar-refractivity contribution in [3.63, 3.8) is 0 Å². The number of unbranched alkanes of at least 4 members (excludes halogenated alkanes) is 44. The topological polar surface area (TPSA) is 110 Å². The van der Waals surface area contributed by atoms with Crippen LogP contribution in [-0.2, 0) is 4.79 Å². The van der Waals surface area contributed by atoms with Crippen molar-refractivity contribution in [3.8, 4) is 0 Å². The molecule has 0 aliphatic carbocycles. The quantitative estimate of drug-likeness (QED) is 0.0308. The van der Waals surface area contributed by atoms with Crippen LogP contribution in [0.3, 0.4) is 0 Å². The van der Waals surface area contributed by atoms with Crippen LogP contribution in [0.15, 0.2) is 24.3 Å². The Balaban J connectivity index is 3.52. The van der Waals surface area contributed by atoms with Gasteiger partial charge in [0.1, 0.15) is 12.2 Å². The molecule has 0 saturated heterocycles. The Hall–Kier alpha value is -1.21. The van der Waals surface area contributed by atoms with E-state index in [9.17, 15) is 25.2 Å². The van der Waals surface area contributed by atoms with Gasteiger partial charge in [0.2, 0.25) is 5.91 Å². The summed E-state index contributed by atoms with van der Waals surface area (Å²) >= 11 is 0. The van der Waals surface area contributed by atoms with E-state index in [4.69, 9.17) is 0 Å². The zero-order valence-electron chi connectivity index (χ0n) is 45.9. The molecule has 0 aromatic rings. The molecule has 404 valence electrons. The van der Waals surface area contributed by atoms with E-state index in [1.807, 2.05) is 0 Å². The molecule has 1 amide bonds. The van der Waals surface area contributed by atoms with Crippen molar-refractivity contribution >= 4 is 5.91 Å². The molecule has 0 radical (unpaired) electrons. The van der Waals surface area contributed by atoms with Gasteiger partial charge >= 0.3 is 0 Å². The lowest BCUT2D eigenvalue weighted by atomic mass is 10.00. The third kappa shape index (κ3) is 49.8. The lowest BCUT2D eigenvalue weighted by Gasteiger charge is -2.27. The Morgan fingerprint density at radius 1 is 0.353 bits per heavy atom. The number of hydrogen-bond donors (Lipinski definition) is 5. The molecule has 6 nitrogen and oxygen atoms in total. The monoisotopic (exact) mass is 960 g/mol. The maximum atomic E-state index is 12.6. The second-order valence-electron chi connectivity index (χ2n) is 21.4. The van der Waals surface area contributed by atoms with Crippen molar-refractivity contribution in [2.75, 3.05) is 6.61 Å². The van der Waals surface area contributed by atoms with Gasteiger partial charge in [0.15, 0.2) is 0 Å². The van der Waals surface area contributed by atoms with Crippen LogP contribution >= 0.6 is 0 Å². The zero-order valence-corrected chi connectivity index (χ0v) is 45.9. The molecule has 0 aromatic carbocycles. The fourth-order valence-corrected chi connectivity index (χ4v) is 9.84. The molecule has 0 bridgehead atoms. The van der Waals surface area contributed by atoms with Crippen LogP contribution in [-0.4, -0.2) is 57.3 Å². The average molecular weight is 961 g/mol. The number of carbonyl (C=O) groups is 1. The van der Waals surface area contributed by atoms with Gasteiger partial charge in [-0.25, -0.2) is 0 Å². The first-order valence-corrected chi connectivity index (χ1v) is 30.7. The fraction of sp³-hybridized carbons (Fsp3) is 0.919. The minimum absolute atomic E-state index is 0.365. The third-order valence-electron chi connectivity index (χ3n) is 14.6. The minimum Gasteiger partial charge on any atom is -0.394 e. The van der Waals surface area contributed by atoms with Gasteiger partial charge in [-0.15, -0.1) is 0 Å². The normalized spacial score (nSPS) is 13.8. The molecular weight excluding hydrogens is 839 g/mol. The zero-order chi connectivity index (χ0) is 49.5. The van der Waals surface area contributed by atoms with E-state index < -0.39 is 36.9 Å². The van der Waals surface area contributed by atoms with Crippen LogP contribution in [0, 0.1) is 0 Å². The summed E-state index contributed by atoms with van der Waals surface area (Å²) in [5.74, 6) is -0.592. The highest BCUT2D eigenvalue weighted by Gasteiger charge is 2.28. The first kappa shape index (κ1) is 66.8. The molecule has 0 rings (SSSR count). The molecule has 5 N–H and O–H groups in total. The number of aliphatic hydroxyl groups is 4. The van der Waals surface area contributed by atoms with Gasteiger partial charge in [-0.3, -0.25) is 4.79 Å². The molecule has 0 heterocycles. The van der Waals surface area contributed by atoms with Crippen LogP contribution in [0.5, 0.6) is 0 Å². The second-order valence-corrected chi connectivity index (χ2v) is 21.4.